The standard InChI is InChI=1S/C9H14OS2/c1-8(7-11)5-10-6-9-3-2-4-12-9/h2-4,8,11H,5-7H2,1H3. The Labute approximate surface area is 83.2 Å². The van der Waals surface area contributed by atoms with Gasteiger partial charge in [0.05, 0.1) is 13.2 Å². The third-order valence-corrected chi connectivity index (χ3v) is 3.01. The summed E-state index contributed by atoms with van der Waals surface area (Å²) in [6, 6.07) is 4.14. The van der Waals surface area contributed by atoms with Crippen molar-refractivity contribution < 1.29 is 4.74 Å². The zero-order valence-corrected chi connectivity index (χ0v) is 8.91. The van der Waals surface area contributed by atoms with Crippen molar-refractivity contribution in [2.24, 2.45) is 5.92 Å². The molecule has 0 amide bonds. The minimum atomic E-state index is 0.549. The van der Waals surface area contributed by atoms with Crippen LogP contribution in [-0.4, -0.2) is 12.4 Å². The quantitative estimate of drug-likeness (QED) is 0.722. The molecule has 0 bridgehead atoms. The Morgan fingerprint density at radius 1 is 1.67 bits per heavy atom. The fourth-order valence-electron chi connectivity index (χ4n) is 0.808. The second-order valence-electron chi connectivity index (χ2n) is 2.88. The SMILES string of the molecule is CC(CS)COCc1cccs1. The van der Waals surface area contributed by atoms with Gasteiger partial charge < -0.3 is 4.74 Å². The van der Waals surface area contributed by atoms with Crippen molar-refractivity contribution in [1.82, 2.24) is 0 Å². The summed E-state index contributed by atoms with van der Waals surface area (Å²) in [4.78, 5) is 1.29. The first-order chi connectivity index (χ1) is 5.83. The largest absolute Gasteiger partial charge is 0.376 e. The molecule has 12 heavy (non-hydrogen) atoms. The van der Waals surface area contributed by atoms with Gasteiger partial charge in [0, 0.05) is 4.88 Å². The van der Waals surface area contributed by atoms with Crippen LogP contribution in [0.4, 0.5) is 0 Å². The average Bonchev–Trinajstić information content (AvgIpc) is 2.57. The van der Waals surface area contributed by atoms with Gasteiger partial charge in [-0.25, -0.2) is 0 Å². The molecule has 0 aliphatic heterocycles. The molecule has 1 aromatic rings. The van der Waals surface area contributed by atoms with Crippen LogP contribution in [0.2, 0.25) is 0 Å². The maximum absolute atomic E-state index is 5.49. The minimum absolute atomic E-state index is 0.549. The fraction of sp³-hybridized carbons (Fsp3) is 0.556. The third kappa shape index (κ3) is 3.61. The summed E-state index contributed by atoms with van der Waals surface area (Å²) in [5, 5.41) is 2.07. The van der Waals surface area contributed by atoms with E-state index in [1.807, 2.05) is 6.07 Å². The molecule has 1 unspecified atom stereocenters. The highest BCUT2D eigenvalue weighted by Crippen LogP contribution is 2.10. The van der Waals surface area contributed by atoms with Gasteiger partial charge in [-0.3, -0.25) is 0 Å². The van der Waals surface area contributed by atoms with E-state index < -0.39 is 0 Å². The van der Waals surface area contributed by atoms with Crippen LogP contribution >= 0.6 is 24.0 Å². The Morgan fingerprint density at radius 3 is 3.08 bits per heavy atom. The second-order valence-corrected chi connectivity index (χ2v) is 4.28. The fourth-order valence-corrected chi connectivity index (χ4v) is 1.55. The summed E-state index contributed by atoms with van der Waals surface area (Å²) in [6.07, 6.45) is 0. The Bertz CT molecular complexity index is 196. The topological polar surface area (TPSA) is 9.23 Å². The Morgan fingerprint density at radius 2 is 2.50 bits per heavy atom. The Kier molecular flexibility index (Phi) is 4.73. The molecule has 1 heterocycles. The van der Waals surface area contributed by atoms with Crippen molar-refractivity contribution in [3.8, 4) is 0 Å². The third-order valence-electron chi connectivity index (χ3n) is 1.54. The lowest BCUT2D eigenvalue weighted by atomic mass is 10.2. The van der Waals surface area contributed by atoms with Crippen molar-refractivity contribution in [3.63, 3.8) is 0 Å². The molecular weight excluding hydrogens is 188 g/mol. The van der Waals surface area contributed by atoms with Crippen molar-refractivity contribution in [1.29, 1.82) is 0 Å². The summed E-state index contributed by atoms with van der Waals surface area (Å²) in [6.45, 7) is 3.69. The molecule has 1 aromatic heterocycles. The van der Waals surface area contributed by atoms with E-state index in [1.165, 1.54) is 4.88 Å². The summed E-state index contributed by atoms with van der Waals surface area (Å²) < 4.78 is 5.49. The molecule has 0 N–H and O–H groups in total. The first-order valence-electron chi connectivity index (χ1n) is 4.04. The van der Waals surface area contributed by atoms with Gasteiger partial charge in [0.1, 0.15) is 0 Å². The minimum Gasteiger partial charge on any atom is -0.376 e. The number of ether oxygens (including phenoxy) is 1. The monoisotopic (exact) mass is 202 g/mol. The average molecular weight is 202 g/mol. The van der Waals surface area contributed by atoms with E-state index in [2.05, 4.69) is 31.0 Å². The van der Waals surface area contributed by atoms with Crippen LogP contribution in [0.15, 0.2) is 17.5 Å². The lowest BCUT2D eigenvalue weighted by Crippen LogP contribution is -2.06. The molecule has 0 aromatic carbocycles. The molecule has 1 nitrogen and oxygen atoms in total. The number of thiol groups is 1. The van der Waals surface area contributed by atoms with Crippen LogP contribution in [0.25, 0.3) is 0 Å². The molecule has 0 radical (unpaired) electrons. The maximum Gasteiger partial charge on any atom is 0.0809 e. The summed E-state index contributed by atoms with van der Waals surface area (Å²) in [7, 11) is 0. The zero-order chi connectivity index (χ0) is 8.81. The summed E-state index contributed by atoms with van der Waals surface area (Å²) >= 11 is 5.92. The van der Waals surface area contributed by atoms with Crippen LogP contribution in [0, 0.1) is 5.92 Å². The predicted molar refractivity (Wildman–Crippen MR) is 57.0 cm³/mol. The molecular formula is C9H14OS2. The molecule has 0 aliphatic carbocycles. The van der Waals surface area contributed by atoms with Gasteiger partial charge in [0.25, 0.3) is 0 Å². The van der Waals surface area contributed by atoms with Crippen LogP contribution < -0.4 is 0 Å². The maximum atomic E-state index is 5.49. The van der Waals surface area contributed by atoms with Crippen LogP contribution in [0.3, 0.4) is 0 Å². The number of hydrogen-bond donors (Lipinski definition) is 1. The zero-order valence-electron chi connectivity index (χ0n) is 7.19. The van der Waals surface area contributed by atoms with Gasteiger partial charge in [0.15, 0.2) is 0 Å². The molecule has 0 saturated carbocycles. The van der Waals surface area contributed by atoms with Crippen molar-refractivity contribution in [2.45, 2.75) is 13.5 Å². The first kappa shape index (κ1) is 10.1. The van der Waals surface area contributed by atoms with E-state index in [0.717, 1.165) is 19.0 Å². The highest BCUT2D eigenvalue weighted by molar-refractivity contribution is 7.80. The highest BCUT2D eigenvalue weighted by atomic mass is 32.1. The number of thiophene rings is 1. The molecule has 0 aliphatic rings. The van der Waals surface area contributed by atoms with Crippen LogP contribution in [-0.2, 0) is 11.3 Å². The highest BCUT2D eigenvalue weighted by Gasteiger charge is 1.99. The van der Waals surface area contributed by atoms with Gasteiger partial charge in [-0.05, 0) is 23.1 Å². The molecule has 0 fully saturated rings. The molecule has 68 valence electrons. The summed E-state index contributed by atoms with van der Waals surface area (Å²) in [5.41, 5.74) is 0. The number of hydrogen-bond acceptors (Lipinski definition) is 3. The van der Waals surface area contributed by atoms with Crippen LogP contribution in [0.5, 0.6) is 0 Å². The second kappa shape index (κ2) is 5.62. The Hall–Kier alpha value is 0.01000. The Balaban J connectivity index is 2.11. The normalized spacial score (nSPS) is 13.2. The van der Waals surface area contributed by atoms with Gasteiger partial charge in [-0.1, -0.05) is 13.0 Å². The number of rotatable bonds is 5. The van der Waals surface area contributed by atoms with E-state index in [0.29, 0.717) is 5.92 Å². The van der Waals surface area contributed by atoms with Gasteiger partial charge in [-0.2, -0.15) is 12.6 Å². The van der Waals surface area contributed by atoms with E-state index in [4.69, 9.17) is 4.74 Å². The van der Waals surface area contributed by atoms with Crippen LogP contribution in [0.1, 0.15) is 11.8 Å². The molecule has 1 atom stereocenters. The van der Waals surface area contributed by atoms with Gasteiger partial charge in [0.2, 0.25) is 0 Å². The molecule has 3 heteroatoms. The van der Waals surface area contributed by atoms with Crippen molar-refractivity contribution in [3.05, 3.63) is 22.4 Å². The predicted octanol–water partition coefficient (Wildman–Crippen LogP) is 2.83. The van der Waals surface area contributed by atoms with E-state index in [-0.39, 0.29) is 0 Å². The van der Waals surface area contributed by atoms with E-state index in [9.17, 15) is 0 Å². The first-order valence-corrected chi connectivity index (χ1v) is 5.55. The molecule has 1 rings (SSSR count). The van der Waals surface area contributed by atoms with Crippen molar-refractivity contribution >= 4 is 24.0 Å². The molecule has 0 saturated heterocycles. The van der Waals surface area contributed by atoms with Crippen molar-refractivity contribution in [2.75, 3.05) is 12.4 Å². The lowest BCUT2D eigenvalue weighted by Gasteiger charge is -2.07. The smallest absolute Gasteiger partial charge is 0.0809 e. The van der Waals surface area contributed by atoms with Gasteiger partial charge in [-0.15, -0.1) is 11.3 Å². The van der Waals surface area contributed by atoms with Gasteiger partial charge >= 0.3 is 0 Å². The van der Waals surface area contributed by atoms with E-state index >= 15 is 0 Å². The van der Waals surface area contributed by atoms with E-state index in [1.54, 1.807) is 11.3 Å². The molecule has 0 spiro atoms. The summed E-state index contributed by atoms with van der Waals surface area (Å²) in [5.74, 6) is 1.44. The lowest BCUT2D eigenvalue weighted by molar-refractivity contribution is 0.100.